The number of aliphatic hydroxyl groups excluding tert-OH is 1. The Morgan fingerprint density at radius 1 is 1.39 bits per heavy atom. The molecule has 0 saturated heterocycles. The summed E-state index contributed by atoms with van der Waals surface area (Å²) in [5.74, 6) is 1.19. The van der Waals surface area contributed by atoms with Crippen LogP contribution in [0.1, 0.15) is 45.1 Å². The summed E-state index contributed by atoms with van der Waals surface area (Å²) < 4.78 is 0. The molecular formula is C18H29N3O2. The van der Waals surface area contributed by atoms with Crippen molar-refractivity contribution in [2.45, 2.75) is 58.5 Å². The van der Waals surface area contributed by atoms with Crippen molar-refractivity contribution >= 4 is 11.7 Å². The molecule has 3 N–H and O–H groups in total. The van der Waals surface area contributed by atoms with Crippen LogP contribution in [-0.2, 0) is 4.79 Å². The number of pyridine rings is 1. The van der Waals surface area contributed by atoms with Crippen LogP contribution in [0.5, 0.6) is 0 Å². The third-order valence-corrected chi connectivity index (χ3v) is 4.64. The molecule has 1 amide bonds. The van der Waals surface area contributed by atoms with E-state index in [2.05, 4.69) is 15.6 Å². The largest absolute Gasteiger partial charge is 0.394 e. The monoisotopic (exact) mass is 319 g/mol. The average molecular weight is 319 g/mol. The minimum atomic E-state index is -0.158. The van der Waals surface area contributed by atoms with Crippen LogP contribution in [0.25, 0.3) is 0 Å². The molecule has 5 nitrogen and oxygen atoms in total. The fraction of sp³-hybridized carbons (Fsp3) is 0.667. The third-order valence-electron chi connectivity index (χ3n) is 4.64. The van der Waals surface area contributed by atoms with Gasteiger partial charge in [0.25, 0.3) is 0 Å². The Bertz CT molecular complexity index is 501. The zero-order chi connectivity index (χ0) is 16.8. The number of nitrogens with zero attached hydrogens (tertiary/aromatic N) is 1. The Morgan fingerprint density at radius 2 is 2.17 bits per heavy atom. The van der Waals surface area contributed by atoms with Crippen LogP contribution in [0.2, 0.25) is 0 Å². The van der Waals surface area contributed by atoms with E-state index in [1.165, 1.54) is 0 Å². The normalized spacial score (nSPS) is 22.7. The SMILES string of the molecule is Cc1ccc(N[C@H]2CCC[C@@H](C(=O)N[C@H](CO)C(C)C)C2)nc1. The molecule has 23 heavy (non-hydrogen) atoms. The molecule has 0 aliphatic heterocycles. The summed E-state index contributed by atoms with van der Waals surface area (Å²) in [5, 5.41) is 15.8. The Balaban J connectivity index is 1.89. The molecule has 0 unspecified atom stereocenters. The van der Waals surface area contributed by atoms with Gasteiger partial charge in [0.05, 0.1) is 12.6 Å². The van der Waals surface area contributed by atoms with Gasteiger partial charge in [-0.1, -0.05) is 26.3 Å². The second-order valence-corrected chi connectivity index (χ2v) is 6.97. The van der Waals surface area contributed by atoms with Crippen molar-refractivity contribution in [1.82, 2.24) is 10.3 Å². The zero-order valence-electron chi connectivity index (χ0n) is 14.4. The number of amides is 1. The van der Waals surface area contributed by atoms with Gasteiger partial charge in [-0.05, 0) is 43.7 Å². The summed E-state index contributed by atoms with van der Waals surface area (Å²) >= 11 is 0. The first-order valence-electron chi connectivity index (χ1n) is 8.60. The summed E-state index contributed by atoms with van der Waals surface area (Å²) in [6.07, 6.45) is 5.68. The molecule has 0 radical (unpaired) electrons. The van der Waals surface area contributed by atoms with Crippen LogP contribution in [0, 0.1) is 18.8 Å². The van der Waals surface area contributed by atoms with E-state index < -0.39 is 0 Å². The van der Waals surface area contributed by atoms with Crippen molar-refractivity contribution in [3.05, 3.63) is 23.9 Å². The number of rotatable bonds is 6. The first kappa shape index (κ1) is 17.7. The summed E-state index contributed by atoms with van der Waals surface area (Å²) in [7, 11) is 0. The molecule has 3 atom stereocenters. The smallest absolute Gasteiger partial charge is 0.223 e. The van der Waals surface area contributed by atoms with Gasteiger partial charge in [0.2, 0.25) is 5.91 Å². The van der Waals surface area contributed by atoms with Gasteiger partial charge in [0.15, 0.2) is 0 Å². The second-order valence-electron chi connectivity index (χ2n) is 6.97. The highest BCUT2D eigenvalue weighted by Gasteiger charge is 2.29. The highest BCUT2D eigenvalue weighted by Crippen LogP contribution is 2.27. The zero-order valence-corrected chi connectivity index (χ0v) is 14.4. The molecule has 1 aromatic heterocycles. The molecule has 1 heterocycles. The minimum Gasteiger partial charge on any atom is -0.394 e. The first-order valence-corrected chi connectivity index (χ1v) is 8.60. The predicted molar refractivity (Wildman–Crippen MR) is 92.2 cm³/mol. The molecule has 0 bridgehead atoms. The lowest BCUT2D eigenvalue weighted by Crippen LogP contribution is -2.45. The number of aryl methyl sites for hydroxylation is 1. The van der Waals surface area contributed by atoms with Crippen LogP contribution >= 0.6 is 0 Å². The molecule has 5 heteroatoms. The number of hydrogen-bond donors (Lipinski definition) is 3. The standard InChI is InChI=1S/C18H29N3O2/c1-12(2)16(11-22)21-18(23)14-5-4-6-15(9-14)20-17-8-7-13(3)10-19-17/h7-8,10,12,14-16,22H,4-6,9,11H2,1-3H3,(H,19,20)(H,21,23)/t14-,15+,16-/m1/s1. The van der Waals surface area contributed by atoms with Gasteiger partial charge >= 0.3 is 0 Å². The molecule has 0 spiro atoms. The molecule has 1 aliphatic carbocycles. The van der Waals surface area contributed by atoms with Crippen molar-refractivity contribution in [3.63, 3.8) is 0 Å². The van der Waals surface area contributed by atoms with Crippen molar-refractivity contribution in [2.75, 3.05) is 11.9 Å². The van der Waals surface area contributed by atoms with Crippen LogP contribution in [0.4, 0.5) is 5.82 Å². The maximum Gasteiger partial charge on any atom is 0.223 e. The van der Waals surface area contributed by atoms with E-state index in [9.17, 15) is 9.90 Å². The number of anilines is 1. The lowest BCUT2D eigenvalue weighted by molar-refractivity contribution is -0.127. The maximum absolute atomic E-state index is 12.4. The number of hydrogen-bond acceptors (Lipinski definition) is 4. The van der Waals surface area contributed by atoms with E-state index in [1.54, 1.807) is 0 Å². The van der Waals surface area contributed by atoms with E-state index in [0.717, 1.165) is 37.1 Å². The molecule has 1 saturated carbocycles. The van der Waals surface area contributed by atoms with E-state index in [0.29, 0.717) is 0 Å². The number of nitrogens with one attached hydrogen (secondary N) is 2. The lowest BCUT2D eigenvalue weighted by atomic mass is 9.84. The molecule has 1 fully saturated rings. The highest BCUT2D eigenvalue weighted by atomic mass is 16.3. The van der Waals surface area contributed by atoms with E-state index in [-0.39, 0.29) is 36.4 Å². The van der Waals surface area contributed by atoms with E-state index in [4.69, 9.17) is 0 Å². The van der Waals surface area contributed by atoms with Crippen LogP contribution in [-0.4, -0.2) is 34.7 Å². The first-order chi connectivity index (χ1) is 11.0. The van der Waals surface area contributed by atoms with Crippen LogP contribution in [0.3, 0.4) is 0 Å². The quantitative estimate of drug-likeness (QED) is 0.753. The number of aliphatic hydroxyl groups is 1. The van der Waals surface area contributed by atoms with E-state index >= 15 is 0 Å². The predicted octanol–water partition coefficient (Wildman–Crippen LogP) is 2.49. The van der Waals surface area contributed by atoms with Crippen molar-refractivity contribution in [2.24, 2.45) is 11.8 Å². The highest BCUT2D eigenvalue weighted by molar-refractivity contribution is 5.79. The van der Waals surface area contributed by atoms with Gasteiger partial charge in [-0.15, -0.1) is 0 Å². The van der Waals surface area contributed by atoms with Gasteiger partial charge in [-0.3, -0.25) is 4.79 Å². The molecule has 128 valence electrons. The van der Waals surface area contributed by atoms with Gasteiger partial charge in [-0.25, -0.2) is 4.98 Å². The Hall–Kier alpha value is -1.62. The van der Waals surface area contributed by atoms with Crippen molar-refractivity contribution in [1.29, 1.82) is 0 Å². The average Bonchev–Trinajstić information content (AvgIpc) is 2.54. The van der Waals surface area contributed by atoms with Gasteiger partial charge < -0.3 is 15.7 Å². The van der Waals surface area contributed by atoms with E-state index in [1.807, 2.05) is 39.1 Å². The minimum absolute atomic E-state index is 0.00884. The van der Waals surface area contributed by atoms with Gasteiger partial charge in [0.1, 0.15) is 5.82 Å². The fourth-order valence-electron chi connectivity index (χ4n) is 3.05. The molecular weight excluding hydrogens is 290 g/mol. The number of carbonyl (C=O) groups is 1. The maximum atomic E-state index is 12.4. The Kier molecular flexibility index (Phi) is 6.39. The fourth-order valence-corrected chi connectivity index (χ4v) is 3.05. The van der Waals surface area contributed by atoms with Gasteiger partial charge in [0, 0.05) is 18.2 Å². The topological polar surface area (TPSA) is 74.2 Å². The Labute approximate surface area is 138 Å². The summed E-state index contributed by atoms with van der Waals surface area (Å²) in [6.45, 7) is 6.03. The number of aromatic nitrogens is 1. The lowest BCUT2D eigenvalue weighted by Gasteiger charge is -2.31. The van der Waals surface area contributed by atoms with Crippen molar-refractivity contribution < 1.29 is 9.90 Å². The molecule has 1 aromatic rings. The summed E-state index contributed by atoms with van der Waals surface area (Å²) in [5.41, 5.74) is 1.14. The molecule has 0 aromatic carbocycles. The van der Waals surface area contributed by atoms with Crippen LogP contribution in [0.15, 0.2) is 18.3 Å². The summed E-state index contributed by atoms with van der Waals surface area (Å²) in [6, 6.07) is 4.15. The van der Waals surface area contributed by atoms with Crippen molar-refractivity contribution in [3.8, 4) is 0 Å². The van der Waals surface area contributed by atoms with Gasteiger partial charge in [-0.2, -0.15) is 0 Å². The second kappa shape index (κ2) is 8.29. The molecule has 1 aliphatic rings. The summed E-state index contributed by atoms with van der Waals surface area (Å²) in [4.78, 5) is 16.8. The third kappa shape index (κ3) is 5.20. The van der Waals surface area contributed by atoms with Crippen LogP contribution < -0.4 is 10.6 Å². The Morgan fingerprint density at radius 3 is 2.78 bits per heavy atom. The number of carbonyl (C=O) groups excluding carboxylic acids is 1. The molecule has 2 rings (SSSR count).